The predicted octanol–water partition coefficient (Wildman–Crippen LogP) is 5.59. The van der Waals surface area contributed by atoms with Gasteiger partial charge < -0.3 is 9.64 Å². The molecule has 6 nitrogen and oxygen atoms in total. The summed E-state index contributed by atoms with van der Waals surface area (Å²) in [5.41, 5.74) is 2.40. The second kappa shape index (κ2) is 10.1. The Hall–Kier alpha value is -3.39. The van der Waals surface area contributed by atoms with Crippen molar-refractivity contribution in [2.24, 2.45) is 0 Å². The maximum absolute atomic E-state index is 14.0. The third-order valence-corrected chi connectivity index (χ3v) is 7.63. The van der Waals surface area contributed by atoms with Gasteiger partial charge in [-0.2, -0.15) is 0 Å². The van der Waals surface area contributed by atoms with E-state index in [2.05, 4.69) is 4.72 Å². The van der Waals surface area contributed by atoms with Crippen LogP contribution in [0.3, 0.4) is 0 Å². The average Bonchev–Trinajstić information content (AvgIpc) is 2.98. The molecule has 3 aromatic rings. The van der Waals surface area contributed by atoms with Gasteiger partial charge in [0.05, 0.1) is 17.5 Å². The highest BCUT2D eigenvalue weighted by Crippen LogP contribution is 2.35. The van der Waals surface area contributed by atoms with Crippen LogP contribution in [0.4, 0.5) is 10.1 Å². The molecule has 1 N–H and O–H groups in total. The molecule has 0 radical (unpaired) electrons. The van der Waals surface area contributed by atoms with Crippen LogP contribution in [0.2, 0.25) is 0 Å². The molecule has 0 saturated carbocycles. The molecule has 0 aromatic heterocycles. The van der Waals surface area contributed by atoms with Crippen LogP contribution in [-0.2, 0) is 21.4 Å². The minimum atomic E-state index is -4.00. The van der Waals surface area contributed by atoms with Gasteiger partial charge in [0.1, 0.15) is 11.6 Å². The Bertz CT molecular complexity index is 1330. The fraction of sp³-hybridized carbons (Fsp3) is 0.296. The fourth-order valence-corrected chi connectivity index (χ4v) is 5.38. The number of sulfonamides is 1. The number of fused-ring (bicyclic) bond motifs is 1. The lowest BCUT2D eigenvalue weighted by Crippen LogP contribution is -2.41. The number of carbonyl (C=O) groups excluding carboxylic acids is 1. The number of aryl methyl sites for hydroxylation is 1. The van der Waals surface area contributed by atoms with Gasteiger partial charge in [0.25, 0.3) is 15.9 Å². The molecule has 2 atom stereocenters. The number of hydrogen-bond acceptors (Lipinski definition) is 4. The summed E-state index contributed by atoms with van der Waals surface area (Å²) < 4.78 is 48.3. The highest BCUT2D eigenvalue weighted by molar-refractivity contribution is 7.92. The number of nitrogens with one attached hydrogen (secondary N) is 1. The first-order valence-electron chi connectivity index (χ1n) is 11.7. The molecular weight excluding hydrogens is 467 g/mol. The van der Waals surface area contributed by atoms with Crippen molar-refractivity contribution in [3.63, 3.8) is 0 Å². The van der Waals surface area contributed by atoms with Crippen LogP contribution in [0.5, 0.6) is 5.75 Å². The van der Waals surface area contributed by atoms with Gasteiger partial charge in [0, 0.05) is 11.3 Å². The summed E-state index contributed by atoms with van der Waals surface area (Å²) in [7, 11) is -4.00. The Morgan fingerprint density at radius 1 is 1.09 bits per heavy atom. The maximum atomic E-state index is 14.0. The van der Waals surface area contributed by atoms with Crippen molar-refractivity contribution < 1.29 is 22.3 Å². The topological polar surface area (TPSA) is 75.7 Å². The van der Waals surface area contributed by atoms with Gasteiger partial charge in [-0.25, -0.2) is 12.8 Å². The highest BCUT2D eigenvalue weighted by atomic mass is 32.2. The second-order valence-corrected chi connectivity index (χ2v) is 10.3. The van der Waals surface area contributed by atoms with Gasteiger partial charge in [-0.05, 0) is 61.2 Å². The Balaban J connectivity index is 1.68. The number of halogens is 1. The maximum Gasteiger partial charge on any atom is 0.264 e. The van der Waals surface area contributed by atoms with E-state index in [4.69, 9.17) is 4.74 Å². The smallest absolute Gasteiger partial charge is 0.264 e. The van der Waals surface area contributed by atoms with E-state index >= 15 is 0 Å². The summed E-state index contributed by atoms with van der Waals surface area (Å²) in [5, 5.41) is 0. The highest BCUT2D eigenvalue weighted by Gasteiger charge is 2.34. The quantitative estimate of drug-likeness (QED) is 0.463. The molecule has 0 spiro atoms. The van der Waals surface area contributed by atoms with Crippen molar-refractivity contribution in [3.8, 4) is 5.75 Å². The van der Waals surface area contributed by atoms with Crippen molar-refractivity contribution in [2.45, 2.75) is 57.2 Å². The number of anilines is 1. The zero-order chi connectivity index (χ0) is 25.2. The molecule has 0 saturated heterocycles. The number of carbonyl (C=O) groups is 1. The standard InChI is InChI=1S/C27H29FN2O4S/c1-4-24(19-9-7-6-8-10-19)30-17-20-15-21(12-14-26(20)34-25(5-2)27(30)31)29-35(32,33)22-13-11-18(3)23(28)16-22/h6-16,24-25,29H,4-5,17H2,1-3H3. The van der Waals surface area contributed by atoms with E-state index in [-0.39, 0.29) is 23.4 Å². The lowest BCUT2D eigenvalue weighted by atomic mass is 10.0. The van der Waals surface area contributed by atoms with Gasteiger partial charge in [-0.1, -0.05) is 50.2 Å². The van der Waals surface area contributed by atoms with E-state index in [1.54, 1.807) is 25.1 Å². The Morgan fingerprint density at radius 2 is 1.83 bits per heavy atom. The number of benzene rings is 3. The van der Waals surface area contributed by atoms with Crippen molar-refractivity contribution in [2.75, 3.05) is 4.72 Å². The summed E-state index contributed by atoms with van der Waals surface area (Å²) in [6.45, 7) is 5.77. The summed E-state index contributed by atoms with van der Waals surface area (Å²) in [5.74, 6) is -0.147. The van der Waals surface area contributed by atoms with Gasteiger partial charge in [-0.3, -0.25) is 9.52 Å². The van der Waals surface area contributed by atoms with Gasteiger partial charge in [0.15, 0.2) is 6.10 Å². The van der Waals surface area contributed by atoms with Crippen LogP contribution >= 0.6 is 0 Å². The molecule has 8 heteroatoms. The predicted molar refractivity (Wildman–Crippen MR) is 133 cm³/mol. The molecule has 1 amide bonds. The first-order valence-corrected chi connectivity index (χ1v) is 13.2. The largest absolute Gasteiger partial charge is 0.480 e. The van der Waals surface area contributed by atoms with Crippen molar-refractivity contribution in [1.29, 1.82) is 0 Å². The van der Waals surface area contributed by atoms with Crippen LogP contribution in [0.1, 0.15) is 49.4 Å². The fourth-order valence-electron chi connectivity index (χ4n) is 4.32. The number of rotatable bonds is 7. The summed E-state index contributed by atoms with van der Waals surface area (Å²) in [6.07, 6.45) is 0.590. The minimum absolute atomic E-state index is 0.100. The lowest BCUT2D eigenvalue weighted by Gasteiger charge is -2.32. The van der Waals surface area contributed by atoms with Crippen LogP contribution in [-0.4, -0.2) is 25.3 Å². The number of hydrogen-bond donors (Lipinski definition) is 1. The Morgan fingerprint density at radius 3 is 2.49 bits per heavy atom. The van der Waals surface area contributed by atoms with E-state index < -0.39 is 21.9 Å². The Labute approximate surface area is 205 Å². The van der Waals surface area contributed by atoms with E-state index in [0.29, 0.717) is 35.4 Å². The van der Waals surface area contributed by atoms with E-state index in [1.165, 1.54) is 12.1 Å². The number of nitrogens with zero attached hydrogens (tertiary/aromatic N) is 1. The summed E-state index contributed by atoms with van der Waals surface area (Å²) in [4.78, 5) is 15.1. The molecule has 1 aliphatic rings. The average molecular weight is 497 g/mol. The summed E-state index contributed by atoms with van der Waals surface area (Å²) >= 11 is 0. The molecule has 35 heavy (non-hydrogen) atoms. The van der Waals surface area contributed by atoms with E-state index in [9.17, 15) is 17.6 Å². The third kappa shape index (κ3) is 5.17. The monoisotopic (exact) mass is 496 g/mol. The summed E-state index contributed by atoms with van der Waals surface area (Å²) in [6, 6.07) is 18.4. The Kier molecular flexibility index (Phi) is 7.12. The molecule has 1 heterocycles. The van der Waals surface area contributed by atoms with Gasteiger partial charge >= 0.3 is 0 Å². The molecule has 4 rings (SSSR count). The molecule has 3 aromatic carbocycles. The molecule has 0 bridgehead atoms. The SMILES string of the molecule is CCC1Oc2ccc(NS(=O)(=O)c3ccc(C)c(F)c3)cc2CN(C(CC)c2ccccc2)C1=O. The zero-order valence-electron chi connectivity index (χ0n) is 20.0. The van der Waals surface area contributed by atoms with Crippen molar-refractivity contribution >= 4 is 21.6 Å². The van der Waals surface area contributed by atoms with E-state index in [1.807, 2.05) is 49.1 Å². The molecule has 0 aliphatic carbocycles. The second-order valence-electron chi connectivity index (χ2n) is 8.65. The number of amides is 1. The van der Waals surface area contributed by atoms with Crippen LogP contribution in [0, 0.1) is 12.7 Å². The molecule has 2 unspecified atom stereocenters. The van der Waals surface area contributed by atoms with Gasteiger partial charge in [-0.15, -0.1) is 0 Å². The normalized spacial score (nSPS) is 16.7. The molecular formula is C27H29FN2O4S. The third-order valence-electron chi connectivity index (χ3n) is 6.25. The minimum Gasteiger partial charge on any atom is -0.480 e. The van der Waals surface area contributed by atoms with Crippen molar-refractivity contribution in [3.05, 3.63) is 89.2 Å². The van der Waals surface area contributed by atoms with Gasteiger partial charge in [0.2, 0.25) is 0 Å². The molecule has 0 fully saturated rings. The van der Waals surface area contributed by atoms with Crippen LogP contribution < -0.4 is 9.46 Å². The number of ether oxygens (including phenoxy) is 1. The molecule has 1 aliphatic heterocycles. The van der Waals surface area contributed by atoms with Crippen LogP contribution in [0.25, 0.3) is 0 Å². The zero-order valence-corrected chi connectivity index (χ0v) is 20.8. The first-order chi connectivity index (χ1) is 16.7. The lowest BCUT2D eigenvalue weighted by molar-refractivity contribution is -0.141. The van der Waals surface area contributed by atoms with E-state index in [0.717, 1.165) is 11.6 Å². The molecule has 184 valence electrons. The first kappa shape index (κ1) is 24.7. The van der Waals surface area contributed by atoms with Crippen molar-refractivity contribution in [1.82, 2.24) is 4.90 Å². The van der Waals surface area contributed by atoms with Crippen LogP contribution in [0.15, 0.2) is 71.6 Å².